The molecule has 0 unspecified atom stereocenters. The molecule has 3 aromatic rings. The maximum atomic E-state index is 12.3. The zero-order valence-electron chi connectivity index (χ0n) is 14.7. The van der Waals surface area contributed by atoms with Crippen LogP contribution in [0, 0.1) is 0 Å². The minimum Gasteiger partial charge on any atom is -0.467 e. The van der Waals surface area contributed by atoms with Crippen molar-refractivity contribution in [3.05, 3.63) is 58.8 Å². The number of aromatic nitrogens is 3. The maximum absolute atomic E-state index is 12.3. The highest BCUT2D eigenvalue weighted by atomic mass is 16.5. The van der Waals surface area contributed by atoms with E-state index in [1.165, 1.54) is 11.2 Å². The second-order valence-corrected chi connectivity index (χ2v) is 5.87. The van der Waals surface area contributed by atoms with Crippen LogP contribution >= 0.6 is 0 Å². The van der Waals surface area contributed by atoms with Crippen LogP contribution in [-0.2, 0) is 27.4 Å². The van der Waals surface area contributed by atoms with E-state index in [1.54, 1.807) is 43.4 Å². The van der Waals surface area contributed by atoms with Gasteiger partial charge in [0.25, 0.3) is 11.5 Å². The highest BCUT2D eigenvalue weighted by molar-refractivity contribution is 5.80. The number of hydrogen-bond donors (Lipinski definition) is 0. The predicted molar refractivity (Wildman–Crippen MR) is 94.6 cm³/mol. The number of furan rings is 1. The molecule has 0 bridgehead atoms. The Morgan fingerprint density at radius 2 is 2.04 bits per heavy atom. The first-order valence-electron chi connectivity index (χ1n) is 8.29. The first-order valence-corrected chi connectivity index (χ1v) is 8.29. The average molecular weight is 370 g/mol. The Morgan fingerprint density at radius 1 is 1.22 bits per heavy atom. The predicted octanol–water partition coefficient (Wildman–Crippen LogP) is 0.976. The molecule has 0 atom stereocenters. The number of amides is 1. The Morgan fingerprint density at radius 3 is 2.81 bits per heavy atom. The van der Waals surface area contributed by atoms with Gasteiger partial charge >= 0.3 is 5.97 Å². The first kappa shape index (κ1) is 18.3. The fraction of sp³-hybridized carbons (Fsp3) is 0.278. The van der Waals surface area contributed by atoms with E-state index >= 15 is 0 Å². The van der Waals surface area contributed by atoms with Gasteiger partial charge in [-0.2, -0.15) is 0 Å². The molecule has 140 valence electrons. The molecule has 3 rings (SSSR count). The summed E-state index contributed by atoms with van der Waals surface area (Å²) in [5.41, 5.74) is 0.161. The number of rotatable bonds is 7. The Labute approximate surface area is 154 Å². The molecule has 9 nitrogen and oxygen atoms in total. The van der Waals surface area contributed by atoms with Gasteiger partial charge in [-0.1, -0.05) is 17.3 Å². The van der Waals surface area contributed by atoms with E-state index in [9.17, 15) is 14.4 Å². The molecule has 9 heteroatoms. The van der Waals surface area contributed by atoms with Crippen LogP contribution in [0.5, 0.6) is 0 Å². The van der Waals surface area contributed by atoms with Crippen LogP contribution in [0.3, 0.4) is 0 Å². The van der Waals surface area contributed by atoms with Crippen molar-refractivity contribution in [2.45, 2.75) is 19.5 Å². The zero-order chi connectivity index (χ0) is 19.2. The van der Waals surface area contributed by atoms with Crippen molar-refractivity contribution >= 4 is 22.8 Å². The van der Waals surface area contributed by atoms with E-state index in [-0.39, 0.29) is 37.6 Å². The lowest BCUT2D eigenvalue weighted by molar-refractivity contribution is -0.152. The van der Waals surface area contributed by atoms with Gasteiger partial charge in [-0.05, 0) is 24.3 Å². The second kappa shape index (κ2) is 8.26. The van der Waals surface area contributed by atoms with Crippen molar-refractivity contribution in [1.82, 2.24) is 19.9 Å². The van der Waals surface area contributed by atoms with Crippen LogP contribution in [0.25, 0.3) is 10.9 Å². The number of ether oxygens (including phenoxy) is 1. The highest BCUT2D eigenvalue weighted by Gasteiger charge is 2.14. The molecule has 0 fully saturated rings. The van der Waals surface area contributed by atoms with Crippen LogP contribution in [0.1, 0.15) is 12.2 Å². The van der Waals surface area contributed by atoms with E-state index in [0.717, 1.165) is 4.68 Å². The normalized spacial score (nSPS) is 10.7. The molecule has 0 radical (unpaired) electrons. The highest BCUT2D eigenvalue weighted by Crippen LogP contribution is 2.05. The SMILES string of the molecule is CN(Cc1ccco1)C(=O)COC(=O)CCn1nnc2ccccc2c1=O. The van der Waals surface area contributed by atoms with Crippen LogP contribution < -0.4 is 5.56 Å². The lowest BCUT2D eigenvalue weighted by Gasteiger charge is -2.15. The van der Waals surface area contributed by atoms with Crippen molar-refractivity contribution in [3.63, 3.8) is 0 Å². The second-order valence-electron chi connectivity index (χ2n) is 5.87. The smallest absolute Gasteiger partial charge is 0.308 e. The number of nitrogens with zero attached hydrogens (tertiary/aromatic N) is 4. The fourth-order valence-corrected chi connectivity index (χ4v) is 2.42. The lowest BCUT2D eigenvalue weighted by Crippen LogP contribution is -2.31. The summed E-state index contributed by atoms with van der Waals surface area (Å²) < 4.78 is 11.2. The molecule has 1 amide bonds. The molecular weight excluding hydrogens is 352 g/mol. The number of esters is 1. The van der Waals surface area contributed by atoms with Gasteiger partial charge in [0.15, 0.2) is 6.61 Å². The van der Waals surface area contributed by atoms with Crippen LogP contribution in [-0.4, -0.2) is 45.4 Å². The van der Waals surface area contributed by atoms with Gasteiger partial charge in [-0.25, -0.2) is 4.68 Å². The van der Waals surface area contributed by atoms with Crippen molar-refractivity contribution in [1.29, 1.82) is 0 Å². The number of hydrogen-bond acceptors (Lipinski definition) is 7. The van der Waals surface area contributed by atoms with Gasteiger partial charge in [-0.15, -0.1) is 5.10 Å². The van der Waals surface area contributed by atoms with E-state index in [0.29, 0.717) is 16.7 Å². The zero-order valence-corrected chi connectivity index (χ0v) is 14.7. The standard InChI is InChI=1S/C18H18N4O5/c1-21(11-13-5-4-10-26-13)16(23)12-27-17(24)8-9-22-18(25)14-6-2-3-7-15(14)19-20-22/h2-7,10H,8-9,11-12H2,1H3. The fourth-order valence-electron chi connectivity index (χ4n) is 2.42. The van der Waals surface area contributed by atoms with Crippen molar-refractivity contribution in [2.75, 3.05) is 13.7 Å². The lowest BCUT2D eigenvalue weighted by atomic mass is 10.2. The minimum absolute atomic E-state index is 0.0198. The molecule has 0 aliphatic carbocycles. The molecule has 2 heterocycles. The van der Waals surface area contributed by atoms with Crippen molar-refractivity contribution < 1.29 is 18.7 Å². The summed E-state index contributed by atoms with van der Waals surface area (Å²) in [4.78, 5) is 37.5. The first-order chi connectivity index (χ1) is 13.0. The van der Waals surface area contributed by atoms with E-state index < -0.39 is 5.97 Å². The molecule has 2 aromatic heterocycles. The van der Waals surface area contributed by atoms with E-state index in [1.807, 2.05) is 0 Å². The Hall–Kier alpha value is -3.49. The van der Waals surface area contributed by atoms with Gasteiger partial charge < -0.3 is 14.1 Å². The molecule has 27 heavy (non-hydrogen) atoms. The summed E-state index contributed by atoms with van der Waals surface area (Å²) in [6.45, 7) is -0.0777. The van der Waals surface area contributed by atoms with Gasteiger partial charge in [-0.3, -0.25) is 14.4 Å². The Kier molecular flexibility index (Phi) is 5.60. The number of likely N-dealkylation sites (N-methyl/N-ethyl adjacent to an activating group) is 1. The van der Waals surface area contributed by atoms with Gasteiger partial charge in [0.2, 0.25) is 0 Å². The number of benzene rings is 1. The third-order valence-corrected chi connectivity index (χ3v) is 3.91. The Balaban J connectivity index is 1.49. The summed E-state index contributed by atoms with van der Waals surface area (Å²) in [6, 6.07) is 10.3. The quantitative estimate of drug-likeness (QED) is 0.570. The monoisotopic (exact) mass is 370 g/mol. The summed E-state index contributed by atoms with van der Waals surface area (Å²) >= 11 is 0. The Bertz CT molecular complexity index is 996. The third kappa shape index (κ3) is 4.57. The number of fused-ring (bicyclic) bond motifs is 1. The van der Waals surface area contributed by atoms with Gasteiger partial charge in [0, 0.05) is 7.05 Å². The molecule has 0 saturated carbocycles. The molecule has 1 aromatic carbocycles. The van der Waals surface area contributed by atoms with E-state index in [4.69, 9.17) is 9.15 Å². The molecule has 0 N–H and O–H groups in total. The molecule has 0 saturated heterocycles. The summed E-state index contributed by atoms with van der Waals surface area (Å²) in [6.07, 6.45) is 1.42. The molecule has 0 aliphatic rings. The summed E-state index contributed by atoms with van der Waals surface area (Å²) in [5, 5.41) is 8.17. The van der Waals surface area contributed by atoms with Crippen LogP contribution in [0.15, 0.2) is 51.9 Å². The van der Waals surface area contributed by atoms with Crippen LogP contribution in [0.2, 0.25) is 0 Å². The number of carbonyl (C=O) groups is 2. The average Bonchev–Trinajstić information content (AvgIpc) is 3.18. The largest absolute Gasteiger partial charge is 0.467 e. The number of aryl methyl sites for hydroxylation is 1. The van der Waals surface area contributed by atoms with Gasteiger partial charge in [0.05, 0.1) is 31.2 Å². The maximum Gasteiger partial charge on any atom is 0.308 e. The molecular formula is C18H18N4O5. The molecule has 0 aliphatic heterocycles. The van der Waals surface area contributed by atoms with Gasteiger partial charge in [0.1, 0.15) is 11.3 Å². The number of carbonyl (C=O) groups excluding carboxylic acids is 2. The summed E-state index contributed by atoms with van der Waals surface area (Å²) in [7, 11) is 1.59. The van der Waals surface area contributed by atoms with Crippen molar-refractivity contribution in [3.8, 4) is 0 Å². The van der Waals surface area contributed by atoms with Crippen LogP contribution in [0.4, 0.5) is 0 Å². The van der Waals surface area contributed by atoms with Crippen molar-refractivity contribution in [2.24, 2.45) is 0 Å². The summed E-state index contributed by atoms with van der Waals surface area (Å²) in [5.74, 6) is -0.328. The third-order valence-electron chi connectivity index (χ3n) is 3.91. The topological polar surface area (TPSA) is 108 Å². The molecule has 0 spiro atoms. The minimum atomic E-state index is -0.600. The van der Waals surface area contributed by atoms with E-state index in [2.05, 4.69) is 10.3 Å².